The number of urea groups is 1. The Bertz CT molecular complexity index is 370. The van der Waals surface area contributed by atoms with Gasteiger partial charge in [-0.1, -0.05) is 33.6 Å². The minimum Gasteiger partial charge on any atom is -0.480 e. The molecule has 3 unspecified atom stereocenters. The van der Waals surface area contributed by atoms with Gasteiger partial charge in [0.05, 0.1) is 0 Å². The Balaban J connectivity index is 2.81. The molecular weight excluding hydrogens is 256 g/mol. The van der Waals surface area contributed by atoms with Crippen molar-refractivity contribution in [2.45, 2.75) is 65.0 Å². The molecule has 1 saturated carbocycles. The highest BCUT2D eigenvalue weighted by atomic mass is 16.4. The Morgan fingerprint density at radius 1 is 1.35 bits per heavy atom. The van der Waals surface area contributed by atoms with Gasteiger partial charge < -0.3 is 15.3 Å². The average molecular weight is 284 g/mol. The zero-order valence-electron chi connectivity index (χ0n) is 13.3. The number of carboxylic acids is 1. The molecule has 0 heterocycles. The lowest BCUT2D eigenvalue weighted by Crippen LogP contribution is -2.60. The SMILES string of the molecule is CC1CCCC(NC(=O)N(C)C(C)C(C)C)(C(=O)O)C1. The Kier molecular flexibility index (Phi) is 5.42. The molecule has 5 heteroatoms. The fraction of sp³-hybridized carbons (Fsp3) is 0.867. The van der Waals surface area contributed by atoms with E-state index in [1.165, 1.54) is 0 Å². The molecule has 116 valence electrons. The van der Waals surface area contributed by atoms with Crippen LogP contribution in [0.5, 0.6) is 0 Å². The number of nitrogens with one attached hydrogen (secondary N) is 1. The van der Waals surface area contributed by atoms with Crippen molar-refractivity contribution in [3.05, 3.63) is 0 Å². The second-order valence-corrected chi connectivity index (χ2v) is 6.61. The predicted octanol–water partition coefficient (Wildman–Crippen LogP) is 2.71. The number of rotatable bonds is 4. The number of aliphatic carboxylic acids is 1. The maximum Gasteiger partial charge on any atom is 0.329 e. The second kappa shape index (κ2) is 6.46. The van der Waals surface area contributed by atoms with Gasteiger partial charge in [0.2, 0.25) is 0 Å². The van der Waals surface area contributed by atoms with Gasteiger partial charge in [-0.25, -0.2) is 9.59 Å². The lowest BCUT2D eigenvalue weighted by Gasteiger charge is -2.39. The van der Waals surface area contributed by atoms with Gasteiger partial charge in [-0.05, 0) is 31.6 Å². The standard InChI is InChI=1S/C15H28N2O3/c1-10(2)12(4)17(5)14(20)16-15(13(18)19)8-6-7-11(3)9-15/h10-12H,6-9H2,1-5H3,(H,16,20)(H,18,19). The maximum atomic E-state index is 12.3. The van der Waals surface area contributed by atoms with Crippen LogP contribution < -0.4 is 5.32 Å². The molecule has 3 atom stereocenters. The monoisotopic (exact) mass is 284 g/mol. The van der Waals surface area contributed by atoms with Crippen LogP contribution in [0, 0.1) is 11.8 Å². The van der Waals surface area contributed by atoms with E-state index in [9.17, 15) is 14.7 Å². The second-order valence-electron chi connectivity index (χ2n) is 6.61. The third-order valence-electron chi connectivity index (χ3n) is 4.65. The van der Waals surface area contributed by atoms with Gasteiger partial charge in [-0.3, -0.25) is 0 Å². The van der Waals surface area contributed by atoms with Crippen LogP contribution in [0.1, 0.15) is 53.4 Å². The van der Waals surface area contributed by atoms with Gasteiger partial charge in [0, 0.05) is 13.1 Å². The van der Waals surface area contributed by atoms with Crippen molar-refractivity contribution in [2.75, 3.05) is 7.05 Å². The predicted molar refractivity (Wildman–Crippen MR) is 78.6 cm³/mol. The number of hydrogen-bond acceptors (Lipinski definition) is 2. The summed E-state index contributed by atoms with van der Waals surface area (Å²) in [5, 5.41) is 12.3. The first-order valence-corrected chi connectivity index (χ1v) is 7.48. The van der Waals surface area contributed by atoms with Gasteiger partial charge in [0.15, 0.2) is 0 Å². The third kappa shape index (κ3) is 3.64. The van der Waals surface area contributed by atoms with Crippen LogP contribution in [0.25, 0.3) is 0 Å². The molecule has 0 aromatic carbocycles. The molecule has 0 aromatic rings. The molecule has 0 bridgehead atoms. The van der Waals surface area contributed by atoms with Crippen molar-refractivity contribution in [2.24, 2.45) is 11.8 Å². The first-order chi connectivity index (χ1) is 9.19. The van der Waals surface area contributed by atoms with Crippen LogP contribution >= 0.6 is 0 Å². The molecule has 0 aromatic heterocycles. The van der Waals surface area contributed by atoms with Crippen LogP contribution in [0.3, 0.4) is 0 Å². The summed E-state index contributed by atoms with van der Waals surface area (Å²) in [6.45, 7) is 8.11. The van der Waals surface area contributed by atoms with Crippen molar-refractivity contribution >= 4 is 12.0 Å². The molecule has 2 N–H and O–H groups in total. The molecular formula is C15H28N2O3. The summed E-state index contributed by atoms with van der Waals surface area (Å²) in [7, 11) is 1.72. The van der Waals surface area contributed by atoms with E-state index in [0.717, 1.165) is 12.8 Å². The van der Waals surface area contributed by atoms with Crippen LogP contribution in [-0.4, -0.2) is 40.6 Å². The smallest absolute Gasteiger partial charge is 0.329 e. The molecule has 0 saturated heterocycles. The molecule has 20 heavy (non-hydrogen) atoms. The summed E-state index contributed by atoms with van der Waals surface area (Å²) in [5.74, 6) is -0.257. The Labute approximate surface area is 121 Å². The van der Waals surface area contributed by atoms with E-state index >= 15 is 0 Å². The molecule has 0 aliphatic heterocycles. The van der Waals surface area contributed by atoms with E-state index in [1.807, 2.05) is 27.7 Å². The first kappa shape index (κ1) is 16.8. The quantitative estimate of drug-likeness (QED) is 0.834. The average Bonchev–Trinajstić information content (AvgIpc) is 2.36. The van der Waals surface area contributed by atoms with E-state index in [1.54, 1.807) is 11.9 Å². The summed E-state index contributed by atoms with van der Waals surface area (Å²) < 4.78 is 0. The van der Waals surface area contributed by atoms with Gasteiger partial charge in [0.1, 0.15) is 5.54 Å². The van der Waals surface area contributed by atoms with Gasteiger partial charge in [0.25, 0.3) is 0 Å². The molecule has 2 amide bonds. The summed E-state index contributed by atoms with van der Waals surface area (Å²) >= 11 is 0. The first-order valence-electron chi connectivity index (χ1n) is 7.48. The third-order valence-corrected chi connectivity index (χ3v) is 4.65. The molecule has 0 spiro atoms. The van der Waals surface area contributed by atoms with Crippen LogP contribution in [-0.2, 0) is 4.79 Å². The number of amides is 2. The number of hydrogen-bond donors (Lipinski definition) is 2. The van der Waals surface area contributed by atoms with Crippen molar-refractivity contribution in [3.63, 3.8) is 0 Å². The minimum atomic E-state index is -1.10. The fourth-order valence-corrected chi connectivity index (χ4v) is 2.84. The summed E-state index contributed by atoms with van der Waals surface area (Å²) in [6.07, 6.45) is 2.90. The Morgan fingerprint density at radius 3 is 2.40 bits per heavy atom. The largest absolute Gasteiger partial charge is 0.480 e. The fourth-order valence-electron chi connectivity index (χ4n) is 2.84. The zero-order valence-corrected chi connectivity index (χ0v) is 13.3. The van der Waals surface area contributed by atoms with Crippen LogP contribution in [0.15, 0.2) is 0 Å². The van der Waals surface area contributed by atoms with Crippen molar-refractivity contribution < 1.29 is 14.7 Å². The van der Waals surface area contributed by atoms with Crippen molar-refractivity contribution in [3.8, 4) is 0 Å². The molecule has 1 fully saturated rings. The molecule has 5 nitrogen and oxygen atoms in total. The number of carbonyl (C=O) groups is 2. The Hall–Kier alpha value is -1.26. The highest BCUT2D eigenvalue weighted by molar-refractivity contribution is 5.86. The molecule has 1 aliphatic carbocycles. The highest BCUT2D eigenvalue weighted by Crippen LogP contribution is 2.32. The van der Waals surface area contributed by atoms with Crippen LogP contribution in [0.2, 0.25) is 0 Å². The number of carboxylic acid groups (broad SMARTS) is 1. The number of nitrogens with zero attached hydrogens (tertiary/aromatic N) is 1. The topological polar surface area (TPSA) is 69.6 Å². The van der Waals surface area contributed by atoms with Gasteiger partial charge in [-0.2, -0.15) is 0 Å². The zero-order chi connectivity index (χ0) is 15.5. The highest BCUT2D eigenvalue weighted by Gasteiger charge is 2.44. The molecule has 1 aliphatic rings. The lowest BCUT2D eigenvalue weighted by molar-refractivity contribution is -0.146. The summed E-state index contributed by atoms with van der Waals surface area (Å²) in [5.41, 5.74) is -1.10. The van der Waals surface area contributed by atoms with Crippen molar-refractivity contribution in [1.82, 2.24) is 10.2 Å². The normalized spacial score (nSPS) is 28.0. The van der Waals surface area contributed by atoms with Gasteiger partial charge in [-0.15, -0.1) is 0 Å². The van der Waals surface area contributed by atoms with E-state index in [-0.39, 0.29) is 12.1 Å². The number of carbonyl (C=O) groups excluding carboxylic acids is 1. The summed E-state index contributed by atoms with van der Waals surface area (Å²) in [6, 6.07) is -0.218. The van der Waals surface area contributed by atoms with Gasteiger partial charge >= 0.3 is 12.0 Å². The summed E-state index contributed by atoms with van der Waals surface area (Å²) in [4.78, 5) is 25.6. The van der Waals surface area contributed by atoms with Crippen molar-refractivity contribution in [1.29, 1.82) is 0 Å². The van der Waals surface area contributed by atoms with E-state index in [0.29, 0.717) is 24.7 Å². The van der Waals surface area contributed by atoms with E-state index < -0.39 is 11.5 Å². The van der Waals surface area contributed by atoms with E-state index in [2.05, 4.69) is 5.32 Å². The minimum absolute atomic E-state index is 0.0712. The molecule has 0 radical (unpaired) electrons. The lowest BCUT2D eigenvalue weighted by atomic mass is 9.76. The Morgan fingerprint density at radius 2 is 1.95 bits per heavy atom. The maximum absolute atomic E-state index is 12.3. The van der Waals surface area contributed by atoms with E-state index in [4.69, 9.17) is 0 Å². The van der Waals surface area contributed by atoms with Crippen LogP contribution in [0.4, 0.5) is 4.79 Å². The molecule has 1 rings (SSSR count).